The number of halogens is 1. The van der Waals surface area contributed by atoms with Crippen molar-refractivity contribution in [3.05, 3.63) is 41.4 Å². The molecule has 0 bridgehead atoms. The van der Waals surface area contributed by atoms with Crippen molar-refractivity contribution < 1.29 is 9.84 Å². The minimum atomic E-state index is -0.277. The van der Waals surface area contributed by atoms with Crippen LogP contribution >= 0.6 is 23.4 Å². The van der Waals surface area contributed by atoms with Crippen molar-refractivity contribution in [2.45, 2.75) is 24.3 Å². The summed E-state index contributed by atoms with van der Waals surface area (Å²) in [5.41, 5.74) is 3.96. The van der Waals surface area contributed by atoms with E-state index < -0.39 is 0 Å². The molecule has 0 saturated carbocycles. The zero-order valence-corrected chi connectivity index (χ0v) is 17.0. The van der Waals surface area contributed by atoms with Gasteiger partial charge in [0.15, 0.2) is 0 Å². The normalized spacial score (nSPS) is 17.0. The van der Waals surface area contributed by atoms with Gasteiger partial charge in [-0.2, -0.15) is 0 Å². The molecule has 4 nitrogen and oxygen atoms in total. The smallest absolute Gasteiger partial charge is 0.142 e. The van der Waals surface area contributed by atoms with Crippen LogP contribution in [0.1, 0.15) is 13.3 Å². The molecule has 2 N–H and O–H groups in total. The zero-order valence-electron chi connectivity index (χ0n) is 15.5. The molecule has 1 unspecified atom stereocenters. The number of hydrogen-bond acceptors (Lipinski definition) is 4. The van der Waals surface area contributed by atoms with E-state index in [-0.39, 0.29) is 6.10 Å². The molecule has 1 aliphatic rings. The molecule has 2 aromatic carbocycles. The molecule has 6 heteroatoms. The Hall–Kier alpha value is -1.82. The van der Waals surface area contributed by atoms with Crippen LogP contribution in [0.25, 0.3) is 22.2 Å². The van der Waals surface area contributed by atoms with E-state index in [2.05, 4.69) is 35.0 Å². The van der Waals surface area contributed by atoms with Crippen molar-refractivity contribution in [1.82, 2.24) is 4.98 Å². The molecule has 4 rings (SSSR count). The largest absolute Gasteiger partial charge is 0.495 e. The number of H-pyrrole nitrogens is 1. The number of rotatable bonds is 5. The van der Waals surface area contributed by atoms with Crippen LogP contribution in [0.15, 0.2) is 41.3 Å². The Labute approximate surface area is 168 Å². The minimum absolute atomic E-state index is 0.277. The number of anilines is 1. The van der Waals surface area contributed by atoms with Gasteiger partial charge in [-0.1, -0.05) is 30.7 Å². The maximum absolute atomic E-state index is 10.0. The van der Waals surface area contributed by atoms with E-state index in [0.717, 1.165) is 52.3 Å². The third kappa shape index (κ3) is 3.40. The molecule has 1 aliphatic heterocycles. The van der Waals surface area contributed by atoms with Gasteiger partial charge in [-0.15, -0.1) is 11.8 Å². The molecule has 27 heavy (non-hydrogen) atoms. The molecule has 1 fully saturated rings. The quantitative estimate of drug-likeness (QED) is 0.577. The average molecular weight is 403 g/mol. The number of fused-ring (bicyclic) bond motifs is 1. The topological polar surface area (TPSA) is 48.5 Å². The van der Waals surface area contributed by atoms with E-state index in [4.69, 9.17) is 16.3 Å². The SMILES string of the molecule is CCSc1ccc(N2CCC(O)C2)c(-c2[nH]c3c(OC)cccc3c2Cl)c1. The fourth-order valence-electron chi connectivity index (χ4n) is 3.72. The number of thioether (sulfide) groups is 1. The van der Waals surface area contributed by atoms with E-state index in [1.807, 2.05) is 18.2 Å². The third-order valence-corrected chi connectivity index (χ3v) is 6.27. The van der Waals surface area contributed by atoms with Gasteiger partial charge in [-0.3, -0.25) is 0 Å². The second kappa shape index (κ2) is 7.66. The lowest BCUT2D eigenvalue weighted by atomic mass is 10.1. The van der Waals surface area contributed by atoms with E-state index in [1.165, 1.54) is 4.90 Å². The van der Waals surface area contributed by atoms with Crippen LogP contribution in [-0.2, 0) is 0 Å². The number of aliphatic hydroxyl groups excluding tert-OH is 1. The number of para-hydroxylation sites is 1. The highest BCUT2D eigenvalue weighted by Gasteiger charge is 2.25. The van der Waals surface area contributed by atoms with Gasteiger partial charge in [0.05, 0.1) is 29.4 Å². The molecule has 0 radical (unpaired) electrons. The lowest BCUT2D eigenvalue weighted by Gasteiger charge is -2.22. The Balaban J connectivity index is 1.90. The van der Waals surface area contributed by atoms with Crippen molar-refractivity contribution in [2.75, 3.05) is 30.9 Å². The van der Waals surface area contributed by atoms with Crippen LogP contribution in [0.3, 0.4) is 0 Å². The molecule has 142 valence electrons. The van der Waals surface area contributed by atoms with Gasteiger partial charge in [0.2, 0.25) is 0 Å². The number of nitrogens with zero attached hydrogens (tertiary/aromatic N) is 1. The van der Waals surface area contributed by atoms with E-state index in [0.29, 0.717) is 11.6 Å². The van der Waals surface area contributed by atoms with Gasteiger partial charge in [-0.25, -0.2) is 0 Å². The van der Waals surface area contributed by atoms with Crippen molar-refractivity contribution >= 4 is 40.0 Å². The summed E-state index contributed by atoms with van der Waals surface area (Å²) >= 11 is 8.60. The third-order valence-electron chi connectivity index (χ3n) is 5.00. The molecule has 0 spiro atoms. The molecule has 0 aliphatic carbocycles. The van der Waals surface area contributed by atoms with Crippen LogP contribution in [0.5, 0.6) is 5.75 Å². The van der Waals surface area contributed by atoms with Crippen molar-refractivity contribution in [3.63, 3.8) is 0 Å². The Morgan fingerprint density at radius 3 is 2.89 bits per heavy atom. The Kier molecular flexibility index (Phi) is 5.26. The molecule has 0 amide bonds. The number of β-amino-alcohol motifs (C(OH)–C–C–N with tert-alkyl or cyclic N) is 1. The van der Waals surface area contributed by atoms with Crippen LogP contribution in [0, 0.1) is 0 Å². The summed E-state index contributed by atoms with van der Waals surface area (Å²) < 4.78 is 5.50. The van der Waals surface area contributed by atoms with Crippen LogP contribution in [0.2, 0.25) is 5.02 Å². The second-order valence-corrected chi connectivity index (χ2v) is 8.41. The van der Waals surface area contributed by atoms with Gasteiger partial charge in [-0.05, 0) is 36.4 Å². The summed E-state index contributed by atoms with van der Waals surface area (Å²) in [6.45, 7) is 3.64. The van der Waals surface area contributed by atoms with Crippen molar-refractivity contribution in [3.8, 4) is 17.0 Å². The number of nitrogens with one attached hydrogen (secondary N) is 1. The standard InChI is InChI=1S/C21H23ClN2O2S/c1-3-27-14-7-8-17(24-10-9-13(25)12-24)16(11-14)21-19(22)15-5-4-6-18(26-2)20(15)23-21/h4-8,11,13,23,25H,3,9-10,12H2,1-2H3. The number of hydrogen-bond donors (Lipinski definition) is 2. The van der Waals surface area contributed by atoms with Crippen LogP contribution < -0.4 is 9.64 Å². The van der Waals surface area contributed by atoms with Gasteiger partial charge in [0, 0.05) is 34.6 Å². The van der Waals surface area contributed by atoms with Gasteiger partial charge in [0.25, 0.3) is 0 Å². The van der Waals surface area contributed by atoms with E-state index in [1.54, 1.807) is 18.9 Å². The first-order valence-corrected chi connectivity index (χ1v) is 10.5. The number of ether oxygens (including phenoxy) is 1. The number of aliphatic hydroxyl groups is 1. The van der Waals surface area contributed by atoms with Crippen LogP contribution in [0.4, 0.5) is 5.69 Å². The highest BCUT2D eigenvalue weighted by atomic mass is 35.5. The predicted octanol–water partition coefficient (Wildman–Crippen LogP) is 5.18. The molecule has 2 heterocycles. The monoisotopic (exact) mass is 402 g/mol. The summed E-state index contributed by atoms with van der Waals surface area (Å²) in [4.78, 5) is 6.93. The maximum atomic E-state index is 10.0. The zero-order chi connectivity index (χ0) is 19.0. The fourth-order valence-corrected chi connectivity index (χ4v) is 4.73. The van der Waals surface area contributed by atoms with Gasteiger partial charge in [0.1, 0.15) is 5.75 Å². The minimum Gasteiger partial charge on any atom is -0.495 e. The first-order valence-electron chi connectivity index (χ1n) is 9.16. The summed E-state index contributed by atoms with van der Waals surface area (Å²) in [6, 6.07) is 12.4. The lowest BCUT2D eigenvalue weighted by Crippen LogP contribution is -2.21. The average Bonchev–Trinajstić information content (AvgIpc) is 3.25. The maximum Gasteiger partial charge on any atom is 0.142 e. The summed E-state index contributed by atoms with van der Waals surface area (Å²) in [5, 5.41) is 11.7. The molecule has 1 aromatic heterocycles. The summed E-state index contributed by atoms with van der Waals surface area (Å²) in [6.07, 6.45) is 0.514. The first-order chi connectivity index (χ1) is 13.1. The van der Waals surface area contributed by atoms with E-state index >= 15 is 0 Å². The van der Waals surface area contributed by atoms with Crippen molar-refractivity contribution in [1.29, 1.82) is 0 Å². The number of methoxy groups -OCH3 is 1. The number of aromatic amines is 1. The van der Waals surface area contributed by atoms with Gasteiger partial charge >= 0.3 is 0 Å². The second-order valence-electron chi connectivity index (χ2n) is 6.70. The molecular formula is C21H23ClN2O2S. The molecule has 1 atom stereocenters. The lowest BCUT2D eigenvalue weighted by molar-refractivity contribution is 0.198. The predicted molar refractivity (Wildman–Crippen MR) is 115 cm³/mol. The van der Waals surface area contributed by atoms with Crippen molar-refractivity contribution in [2.24, 2.45) is 0 Å². The first kappa shape index (κ1) is 18.5. The van der Waals surface area contributed by atoms with Gasteiger partial charge < -0.3 is 19.7 Å². The fraction of sp³-hybridized carbons (Fsp3) is 0.333. The number of benzene rings is 2. The summed E-state index contributed by atoms with van der Waals surface area (Å²) in [5.74, 6) is 1.79. The Morgan fingerprint density at radius 2 is 2.19 bits per heavy atom. The Morgan fingerprint density at radius 1 is 1.33 bits per heavy atom. The summed E-state index contributed by atoms with van der Waals surface area (Å²) in [7, 11) is 1.67. The molecule has 1 saturated heterocycles. The highest BCUT2D eigenvalue weighted by molar-refractivity contribution is 7.99. The highest BCUT2D eigenvalue weighted by Crippen LogP contribution is 2.43. The molecule has 3 aromatic rings. The molecular weight excluding hydrogens is 380 g/mol. The number of aromatic nitrogens is 1. The van der Waals surface area contributed by atoms with Crippen LogP contribution in [-0.4, -0.2) is 42.1 Å². The Bertz CT molecular complexity index is 972. The van der Waals surface area contributed by atoms with E-state index in [9.17, 15) is 5.11 Å².